The topological polar surface area (TPSA) is 49.8 Å². The zero-order chi connectivity index (χ0) is 15.2. The molecule has 0 fully saturated rings. The summed E-state index contributed by atoms with van der Waals surface area (Å²) in [5, 5.41) is 6.39. The SMILES string of the molecule is CC(C)CCNc1cc(Nc2ccc(F)c(Cl)c2)ncn1. The molecule has 1 heterocycles. The Labute approximate surface area is 128 Å². The normalized spacial score (nSPS) is 10.7. The maximum absolute atomic E-state index is 13.1. The number of hydrogen-bond acceptors (Lipinski definition) is 4. The Morgan fingerprint density at radius 3 is 2.67 bits per heavy atom. The van der Waals surface area contributed by atoms with Crippen molar-refractivity contribution in [1.29, 1.82) is 0 Å². The fourth-order valence-electron chi connectivity index (χ4n) is 1.73. The maximum Gasteiger partial charge on any atom is 0.141 e. The third-order valence-electron chi connectivity index (χ3n) is 2.89. The predicted molar refractivity (Wildman–Crippen MR) is 84.7 cm³/mol. The molecule has 0 amide bonds. The van der Waals surface area contributed by atoms with Crippen LogP contribution in [0.4, 0.5) is 21.7 Å². The molecule has 1 aromatic heterocycles. The fourth-order valence-corrected chi connectivity index (χ4v) is 1.91. The molecule has 0 aliphatic rings. The summed E-state index contributed by atoms with van der Waals surface area (Å²) in [7, 11) is 0. The van der Waals surface area contributed by atoms with Crippen molar-refractivity contribution in [2.45, 2.75) is 20.3 Å². The van der Waals surface area contributed by atoms with Crippen LogP contribution in [0.5, 0.6) is 0 Å². The van der Waals surface area contributed by atoms with Crippen LogP contribution >= 0.6 is 11.6 Å². The molecule has 2 rings (SSSR count). The minimum absolute atomic E-state index is 0.0735. The molecule has 4 nitrogen and oxygen atoms in total. The van der Waals surface area contributed by atoms with Crippen molar-refractivity contribution in [3.05, 3.63) is 41.4 Å². The Kier molecular flexibility index (Phi) is 5.33. The number of aromatic nitrogens is 2. The summed E-state index contributed by atoms with van der Waals surface area (Å²) in [5.74, 6) is 1.57. The van der Waals surface area contributed by atoms with Crippen molar-refractivity contribution in [2.24, 2.45) is 5.92 Å². The largest absolute Gasteiger partial charge is 0.370 e. The van der Waals surface area contributed by atoms with Crippen LogP contribution in [-0.4, -0.2) is 16.5 Å². The van der Waals surface area contributed by atoms with Gasteiger partial charge in [-0.05, 0) is 30.5 Å². The molecule has 0 atom stereocenters. The Bertz CT molecular complexity index is 604. The molecule has 6 heteroatoms. The number of nitrogens with zero attached hydrogens (tertiary/aromatic N) is 2. The van der Waals surface area contributed by atoms with E-state index in [1.807, 2.05) is 0 Å². The standard InChI is InChI=1S/C15H18ClFN4/c1-10(2)5-6-18-14-8-15(20-9-19-14)21-11-3-4-13(17)12(16)7-11/h3-4,7-10H,5-6H2,1-2H3,(H2,18,19,20,21). The molecule has 112 valence electrons. The summed E-state index contributed by atoms with van der Waals surface area (Å²) in [4.78, 5) is 8.29. The number of hydrogen-bond donors (Lipinski definition) is 2. The van der Waals surface area contributed by atoms with Crippen LogP contribution in [0.25, 0.3) is 0 Å². The zero-order valence-electron chi connectivity index (χ0n) is 12.0. The van der Waals surface area contributed by atoms with E-state index in [-0.39, 0.29) is 5.02 Å². The van der Waals surface area contributed by atoms with Gasteiger partial charge in [-0.3, -0.25) is 0 Å². The predicted octanol–water partition coefficient (Wildman–Crippen LogP) is 4.47. The van der Waals surface area contributed by atoms with E-state index in [1.165, 1.54) is 18.5 Å². The molecule has 0 saturated carbocycles. The number of rotatable bonds is 6. The first kappa shape index (κ1) is 15.5. The summed E-state index contributed by atoms with van der Waals surface area (Å²) in [6, 6.07) is 6.24. The highest BCUT2D eigenvalue weighted by Crippen LogP contribution is 2.22. The Hall–Kier alpha value is -1.88. The Balaban J connectivity index is 2.01. The van der Waals surface area contributed by atoms with Gasteiger partial charge in [-0.25, -0.2) is 14.4 Å². The highest BCUT2D eigenvalue weighted by Gasteiger charge is 2.03. The number of halogens is 2. The lowest BCUT2D eigenvalue weighted by Gasteiger charge is -2.10. The van der Waals surface area contributed by atoms with Gasteiger partial charge < -0.3 is 10.6 Å². The van der Waals surface area contributed by atoms with Gasteiger partial charge in [-0.2, -0.15) is 0 Å². The lowest BCUT2D eigenvalue weighted by Crippen LogP contribution is -2.07. The number of anilines is 3. The van der Waals surface area contributed by atoms with Crippen LogP contribution in [0.1, 0.15) is 20.3 Å². The van der Waals surface area contributed by atoms with E-state index in [9.17, 15) is 4.39 Å². The Morgan fingerprint density at radius 1 is 1.19 bits per heavy atom. The van der Waals surface area contributed by atoms with Gasteiger partial charge in [0.05, 0.1) is 5.02 Å². The van der Waals surface area contributed by atoms with Crippen LogP contribution < -0.4 is 10.6 Å². The average Bonchev–Trinajstić information content (AvgIpc) is 2.43. The third kappa shape index (κ3) is 4.86. The van der Waals surface area contributed by atoms with Crippen molar-refractivity contribution in [3.63, 3.8) is 0 Å². The van der Waals surface area contributed by atoms with Crippen LogP contribution in [0.15, 0.2) is 30.6 Å². The van der Waals surface area contributed by atoms with E-state index < -0.39 is 5.82 Å². The molecule has 0 radical (unpaired) electrons. The van der Waals surface area contributed by atoms with Crippen molar-refractivity contribution >= 4 is 28.9 Å². The van der Waals surface area contributed by atoms with Crippen molar-refractivity contribution in [3.8, 4) is 0 Å². The van der Waals surface area contributed by atoms with Gasteiger partial charge in [-0.15, -0.1) is 0 Å². The van der Waals surface area contributed by atoms with E-state index in [4.69, 9.17) is 11.6 Å². The third-order valence-corrected chi connectivity index (χ3v) is 3.18. The van der Waals surface area contributed by atoms with Gasteiger partial charge in [0.1, 0.15) is 23.8 Å². The van der Waals surface area contributed by atoms with Gasteiger partial charge >= 0.3 is 0 Å². The van der Waals surface area contributed by atoms with Crippen LogP contribution in [0, 0.1) is 11.7 Å². The lowest BCUT2D eigenvalue weighted by atomic mass is 10.1. The second-order valence-corrected chi connectivity index (χ2v) is 5.56. The van der Waals surface area contributed by atoms with Crippen molar-refractivity contribution in [2.75, 3.05) is 17.2 Å². The van der Waals surface area contributed by atoms with Gasteiger partial charge in [-0.1, -0.05) is 25.4 Å². The summed E-state index contributed by atoms with van der Waals surface area (Å²) in [6.45, 7) is 5.20. The highest BCUT2D eigenvalue weighted by atomic mass is 35.5. The first-order valence-corrected chi connectivity index (χ1v) is 7.20. The summed E-state index contributed by atoms with van der Waals surface area (Å²) < 4.78 is 13.1. The molecule has 0 saturated heterocycles. The smallest absolute Gasteiger partial charge is 0.141 e. The van der Waals surface area contributed by atoms with Gasteiger partial charge in [0.2, 0.25) is 0 Å². The van der Waals surface area contributed by atoms with E-state index in [0.717, 1.165) is 18.8 Å². The van der Waals surface area contributed by atoms with Crippen molar-refractivity contribution in [1.82, 2.24) is 9.97 Å². The van der Waals surface area contributed by atoms with Gasteiger partial charge in [0.15, 0.2) is 0 Å². The second kappa shape index (κ2) is 7.22. The molecular weight excluding hydrogens is 291 g/mol. The van der Waals surface area contributed by atoms with Crippen LogP contribution in [-0.2, 0) is 0 Å². The monoisotopic (exact) mass is 308 g/mol. The van der Waals surface area contributed by atoms with E-state index in [0.29, 0.717) is 17.4 Å². The first-order chi connectivity index (χ1) is 10.0. The molecule has 21 heavy (non-hydrogen) atoms. The molecular formula is C15H18ClFN4. The van der Waals surface area contributed by atoms with E-state index >= 15 is 0 Å². The average molecular weight is 309 g/mol. The van der Waals surface area contributed by atoms with E-state index in [2.05, 4.69) is 34.4 Å². The molecule has 2 aromatic rings. The van der Waals surface area contributed by atoms with E-state index in [1.54, 1.807) is 12.1 Å². The number of nitrogens with one attached hydrogen (secondary N) is 2. The van der Waals surface area contributed by atoms with Gasteiger partial charge in [0.25, 0.3) is 0 Å². The molecule has 0 aliphatic heterocycles. The lowest BCUT2D eigenvalue weighted by molar-refractivity contribution is 0.606. The van der Waals surface area contributed by atoms with Crippen LogP contribution in [0.2, 0.25) is 5.02 Å². The second-order valence-electron chi connectivity index (χ2n) is 5.15. The molecule has 0 aliphatic carbocycles. The molecule has 0 unspecified atom stereocenters. The Morgan fingerprint density at radius 2 is 1.95 bits per heavy atom. The fraction of sp³-hybridized carbons (Fsp3) is 0.333. The summed E-state index contributed by atoms with van der Waals surface area (Å²) in [5.41, 5.74) is 0.674. The first-order valence-electron chi connectivity index (χ1n) is 6.82. The molecule has 1 aromatic carbocycles. The molecule has 0 spiro atoms. The molecule has 2 N–H and O–H groups in total. The minimum atomic E-state index is -0.444. The van der Waals surface area contributed by atoms with Crippen molar-refractivity contribution < 1.29 is 4.39 Å². The zero-order valence-corrected chi connectivity index (χ0v) is 12.8. The molecule has 0 bridgehead atoms. The van der Waals surface area contributed by atoms with Crippen LogP contribution in [0.3, 0.4) is 0 Å². The number of benzene rings is 1. The summed E-state index contributed by atoms with van der Waals surface area (Å²) >= 11 is 5.75. The summed E-state index contributed by atoms with van der Waals surface area (Å²) in [6.07, 6.45) is 2.55. The highest BCUT2D eigenvalue weighted by molar-refractivity contribution is 6.31. The quantitative estimate of drug-likeness (QED) is 0.826. The maximum atomic E-state index is 13.1. The minimum Gasteiger partial charge on any atom is -0.370 e. The van der Waals surface area contributed by atoms with Gasteiger partial charge in [0, 0.05) is 18.3 Å².